The van der Waals surface area contributed by atoms with Crippen molar-refractivity contribution in [3.8, 4) is 0 Å². The van der Waals surface area contributed by atoms with Gasteiger partial charge < -0.3 is 18.9 Å². The molecule has 8 nitrogen and oxygen atoms in total. The fourth-order valence-corrected chi connectivity index (χ4v) is 6.12. The third kappa shape index (κ3) is 15.7. The maximum Gasteiger partial charge on any atom is 0.168 e. The van der Waals surface area contributed by atoms with E-state index < -0.39 is 37.3 Å². The van der Waals surface area contributed by atoms with Crippen molar-refractivity contribution in [2.45, 2.75) is 149 Å². The van der Waals surface area contributed by atoms with Crippen LogP contribution in [0.1, 0.15) is 120 Å². The molecule has 0 saturated carbocycles. The van der Waals surface area contributed by atoms with E-state index in [1.165, 1.54) is 0 Å². The maximum atomic E-state index is 13.9. The molecule has 1 aromatic carbocycles. The van der Waals surface area contributed by atoms with Crippen LogP contribution in [-0.2, 0) is 45.0 Å². The van der Waals surface area contributed by atoms with Gasteiger partial charge in [-0.25, -0.2) is 8.42 Å². The number of hydrogen-bond acceptors (Lipinski definition) is 8. The summed E-state index contributed by atoms with van der Waals surface area (Å²) in [5.74, 6) is -1.39. The predicted octanol–water partition coefficient (Wildman–Crippen LogP) is 7.31. The van der Waals surface area contributed by atoms with Gasteiger partial charge in [-0.05, 0) is 107 Å². The van der Waals surface area contributed by atoms with Gasteiger partial charge >= 0.3 is 0 Å². The van der Waals surface area contributed by atoms with Gasteiger partial charge in [0.05, 0.1) is 35.4 Å². The molecule has 0 saturated heterocycles. The first kappa shape index (κ1) is 41.4. The van der Waals surface area contributed by atoms with Gasteiger partial charge in [0.1, 0.15) is 11.2 Å². The zero-order valence-electron chi connectivity index (χ0n) is 30.0. The Balaban J connectivity index is 2.92. The standard InChI is InChI=1S/C36H62O8S/c1-28(2)41-23-17-13-16-22-31(37)35(8,9)42-24-18-21-30(26-45(39,40)34(6,7)27-44-33(3,4)5)32(38)36(10,11)43-25-29-19-14-12-15-20-29/h12,14-15,19-20,28,30H,13,16-18,21-27H2,1-11H3. The van der Waals surface area contributed by atoms with E-state index in [4.69, 9.17) is 18.9 Å². The Morgan fingerprint density at radius 2 is 1.38 bits per heavy atom. The number of ether oxygens (including phenoxy) is 4. The van der Waals surface area contributed by atoms with E-state index in [9.17, 15) is 18.0 Å². The molecule has 1 atom stereocenters. The minimum Gasteiger partial charge on any atom is -0.379 e. The van der Waals surface area contributed by atoms with Crippen molar-refractivity contribution in [1.82, 2.24) is 0 Å². The van der Waals surface area contributed by atoms with Gasteiger partial charge in [0.15, 0.2) is 21.4 Å². The van der Waals surface area contributed by atoms with Crippen LogP contribution < -0.4 is 0 Å². The first-order chi connectivity index (χ1) is 20.6. The lowest BCUT2D eigenvalue weighted by atomic mass is 9.89. The number of unbranched alkanes of at least 4 members (excludes halogenated alkanes) is 2. The van der Waals surface area contributed by atoms with Crippen LogP contribution in [0.25, 0.3) is 0 Å². The summed E-state index contributed by atoms with van der Waals surface area (Å²) >= 11 is 0. The molecule has 0 spiro atoms. The maximum absolute atomic E-state index is 13.9. The van der Waals surface area contributed by atoms with Crippen molar-refractivity contribution in [3.63, 3.8) is 0 Å². The molecule has 0 bridgehead atoms. The van der Waals surface area contributed by atoms with E-state index >= 15 is 0 Å². The van der Waals surface area contributed by atoms with Crippen molar-refractivity contribution in [3.05, 3.63) is 35.9 Å². The highest BCUT2D eigenvalue weighted by molar-refractivity contribution is 7.92. The predicted molar refractivity (Wildman–Crippen MR) is 181 cm³/mol. The van der Waals surface area contributed by atoms with Gasteiger partial charge in [0.25, 0.3) is 0 Å². The molecule has 0 radical (unpaired) electrons. The van der Waals surface area contributed by atoms with Crippen molar-refractivity contribution >= 4 is 21.4 Å². The largest absolute Gasteiger partial charge is 0.379 e. The number of Topliss-reactive ketones (excluding diaryl/α,β-unsaturated/α-hetero) is 2. The number of rotatable bonds is 23. The zero-order chi connectivity index (χ0) is 34.5. The highest BCUT2D eigenvalue weighted by Gasteiger charge is 2.42. The Morgan fingerprint density at radius 3 is 1.96 bits per heavy atom. The minimum atomic E-state index is -3.76. The van der Waals surface area contributed by atoms with Crippen molar-refractivity contribution in [1.29, 1.82) is 0 Å². The molecule has 1 aromatic rings. The van der Waals surface area contributed by atoms with E-state index in [1.54, 1.807) is 41.5 Å². The topological polar surface area (TPSA) is 105 Å². The summed E-state index contributed by atoms with van der Waals surface area (Å²) in [6.45, 7) is 21.0. The average molecular weight is 655 g/mol. The van der Waals surface area contributed by atoms with Crippen LogP contribution in [0, 0.1) is 5.92 Å². The van der Waals surface area contributed by atoms with Crippen LogP contribution in [0.15, 0.2) is 30.3 Å². The van der Waals surface area contributed by atoms with Crippen LogP contribution in [0.5, 0.6) is 0 Å². The second-order valence-corrected chi connectivity index (χ2v) is 17.6. The van der Waals surface area contributed by atoms with E-state index in [-0.39, 0.29) is 49.7 Å². The molecular formula is C36H62O8S. The molecule has 45 heavy (non-hydrogen) atoms. The summed E-state index contributed by atoms with van der Waals surface area (Å²) in [4.78, 5) is 26.8. The van der Waals surface area contributed by atoms with Gasteiger partial charge in [-0.15, -0.1) is 0 Å². The molecule has 260 valence electrons. The van der Waals surface area contributed by atoms with Gasteiger partial charge in [-0.3, -0.25) is 9.59 Å². The summed E-state index contributed by atoms with van der Waals surface area (Å²) in [5.41, 5.74) is -1.76. The number of carbonyl (C=O) groups excluding carboxylic acids is 2. The molecule has 0 aliphatic rings. The molecule has 9 heteroatoms. The van der Waals surface area contributed by atoms with E-state index in [1.807, 2.05) is 65.0 Å². The van der Waals surface area contributed by atoms with Crippen LogP contribution in [-0.4, -0.2) is 73.2 Å². The lowest BCUT2D eigenvalue weighted by Gasteiger charge is -2.33. The van der Waals surface area contributed by atoms with Crippen molar-refractivity contribution in [2.75, 3.05) is 25.6 Å². The first-order valence-electron chi connectivity index (χ1n) is 16.5. The van der Waals surface area contributed by atoms with Crippen LogP contribution in [0.2, 0.25) is 0 Å². The zero-order valence-corrected chi connectivity index (χ0v) is 30.8. The molecule has 0 heterocycles. The third-order valence-electron chi connectivity index (χ3n) is 7.85. The fourth-order valence-electron chi connectivity index (χ4n) is 4.58. The highest BCUT2D eigenvalue weighted by atomic mass is 32.2. The monoisotopic (exact) mass is 654 g/mol. The summed E-state index contributed by atoms with van der Waals surface area (Å²) in [5, 5.41) is 0. The molecule has 0 aromatic heterocycles. The Morgan fingerprint density at radius 1 is 0.756 bits per heavy atom. The third-order valence-corrected chi connectivity index (χ3v) is 10.5. The summed E-state index contributed by atoms with van der Waals surface area (Å²) in [7, 11) is -3.76. The molecule has 1 rings (SSSR count). The summed E-state index contributed by atoms with van der Waals surface area (Å²) in [6.07, 6.45) is 3.92. The molecule has 1 unspecified atom stereocenters. The van der Waals surface area contributed by atoms with Gasteiger partial charge in [-0.1, -0.05) is 36.8 Å². The van der Waals surface area contributed by atoms with Crippen molar-refractivity contribution in [2.24, 2.45) is 5.92 Å². The van der Waals surface area contributed by atoms with Gasteiger partial charge in [0.2, 0.25) is 0 Å². The number of hydrogen-bond donors (Lipinski definition) is 0. The molecule has 0 aliphatic heterocycles. The fraction of sp³-hybridized carbons (Fsp3) is 0.778. The number of sulfone groups is 1. The van der Waals surface area contributed by atoms with Gasteiger partial charge in [0, 0.05) is 25.6 Å². The lowest BCUT2D eigenvalue weighted by molar-refractivity contribution is -0.146. The smallest absolute Gasteiger partial charge is 0.168 e. The SMILES string of the molecule is CC(C)OCCCCCC(=O)C(C)(C)OCCCC(CS(=O)(=O)C(C)(C)COC(C)(C)C)C(=O)C(C)(C)OCc1ccccc1. The van der Waals surface area contributed by atoms with Gasteiger partial charge in [-0.2, -0.15) is 0 Å². The Bertz CT molecular complexity index is 1130. The molecule has 0 amide bonds. The number of benzene rings is 1. The van der Waals surface area contributed by atoms with Crippen LogP contribution in [0.3, 0.4) is 0 Å². The normalized spacial score (nSPS) is 14.1. The summed E-state index contributed by atoms with van der Waals surface area (Å²) in [6, 6.07) is 9.55. The first-order valence-corrected chi connectivity index (χ1v) is 18.1. The van der Waals surface area contributed by atoms with E-state index in [0.29, 0.717) is 19.4 Å². The highest BCUT2D eigenvalue weighted by Crippen LogP contribution is 2.29. The quantitative estimate of drug-likeness (QED) is 0.113. The van der Waals surface area contributed by atoms with E-state index in [2.05, 4.69) is 0 Å². The molecular weight excluding hydrogens is 592 g/mol. The molecule has 0 aliphatic carbocycles. The van der Waals surface area contributed by atoms with Crippen LogP contribution >= 0.6 is 0 Å². The summed E-state index contributed by atoms with van der Waals surface area (Å²) < 4.78 is 49.7. The second-order valence-electron chi connectivity index (χ2n) is 14.9. The van der Waals surface area contributed by atoms with E-state index in [0.717, 1.165) is 24.8 Å². The Kier molecular flexibility index (Phi) is 16.6. The Labute approximate surface area is 274 Å². The minimum absolute atomic E-state index is 0.0117. The lowest BCUT2D eigenvalue weighted by Crippen LogP contribution is -2.47. The van der Waals surface area contributed by atoms with Crippen molar-refractivity contribution < 1.29 is 37.0 Å². The number of ketones is 2. The molecule has 0 N–H and O–H groups in total. The second kappa shape index (κ2) is 18.0. The number of carbonyl (C=O) groups is 2. The average Bonchev–Trinajstić information content (AvgIpc) is 2.93. The van der Waals surface area contributed by atoms with Crippen LogP contribution in [0.4, 0.5) is 0 Å². The molecule has 0 fully saturated rings. The Hall–Kier alpha value is -1.65.